The molecule has 0 saturated carbocycles. The summed E-state index contributed by atoms with van der Waals surface area (Å²) in [6.07, 6.45) is 2.44. The van der Waals surface area contributed by atoms with Crippen LogP contribution in [0.2, 0.25) is 0 Å². The number of aromatic nitrogens is 2. The Balaban J connectivity index is 1.66. The van der Waals surface area contributed by atoms with E-state index in [1.165, 1.54) is 12.8 Å². The van der Waals surface area contributed by atoms with Gasteiger partial charge in [-0.1, -0.05) is 37.3 Å². The number of rotatable bonds is 5. The summed E-state index contributed by atoms with van der Waals surface area (Å²) in [6.45, 7) is 4.91. The van der Waals surface area contributed by atoms with Gasteiger partial charge in [0.15, 0.2) is 5.11 Å². The Labute approximate surface area is 160 Å². The van der Waals surface area contributed by atoms with Crippen LogP contribution in [0.4, 0.5) is 11.8 Å². The second-order valence-electron chi connectivity index (χ2n) is 6.58. The molecule has 0 amide bonds. The van der Waals surface area contributed by atoms with Crippen molar-refractivity contribution in [2.24, 2.45) is 5.92 Å². The van der Waals surface area contributed by atoms with Gasteiger partial charge >= 0.3 is 0 Å². The average molecular weight is 372 g/mol. The van der Waals surface area contributed by atoms with Crippen LogP contribution in [0, 0.1) is 5.92 Å². The predicted octanol–water partition coefficient (Wildman–Crippen LogP) is 3.21. The van der Waals surface area contributed by atoms with Crippen molar-refractivity contribution in [2.75, 3.05) is 30.4 Å². The number of benzene rings is 1. The van der Waals surface area contributed by atoms with Gasteiger partial charge in [0.2, 0.25) is 11.8 Å². The zero-order valence-corrected chi connectivity index (χ0v) is 16.1. The van der Waals surface area contributed by atoms with Gasteiger partial charge in [0.1, 0.15) is 5.82 Å². The van der Waals surface area contributed by atoms with E-state index in [0.717, 1.165) is 24.5 Å². The molecule has 1 saturated heterocycles. The van der Waals surface area contributed by atoms with E-state index >= 15 is 0 Å². The highest BCUT2D eigenvalue weighted by atomic mass is 32.1. The Morgan fingerprint density at radius 1 is 1.31 bits per heavy atom. The maximum atomic E-state index is 5.38. The fourth-order valence-electron chi connectivity index (χ4n) is 3.06. The first-order valence-corrected chi connectivity index (χ1v) is 9.31. The Bertz CT molecular complexity index is 740. The van der Waals surface area contributed by atoms with Gasteiger partial charge in [0, 0.05) is 25.7 Å². The summed E-state index contributed by atoms with van der Waals surface area (Å²) in [7, 11) is 1.61. The third kappa shape index (κ3) is 5.05. The summed E-state index contributed by atoms with van der Waals surface area (Å²) >= 11 is 5.38. The molecule has 26 heavy (non-hydrogen) atoms. The lowest BCUT2D eigenvalue weighted by Gasteiger charge is -2.32. The molecule has 2 N–H and O–H groups in total. The van der Waals surface area contributed by atoms with E-state index in [0.29, 0.717) is 29.4 Å². The van der Waals surface area contributed by atoms with Gasteiger partial charge in [-0.3, -0.25) is 0 Å². The van der Waals surface area contributed by atoms with Crippen LogP contribution in [-0.4, -0.2) is 35.3 Å². The number of piperidine rings is 1. The number of ether oxygens (including phenoxy) is 1. The third-order valence-corrected chi connectivity index (χ3v) is 4.65. The van der Waals surface area contributed by atoms with Crippen molar-refractivity contribution in [2.45, 2.75) is 26.3 Å². The Morgan fingerprint density at radius 3 is 2.85 bits per heavy atom. The number of nitrogens with one attached hydrogen (secondary N) is 2. The maximum absolute atomic E-state index is 5.38. The van der Waals surface area contributed by atoms with E-state index in [1.807, 2.05) is 36.4 Å². The summed E-state index contributed by atoms with van der Waals surface area (Å²) in [4.78, 5) is 11.3. The zero-order valence-electron chi connectivity index (χ0n) is 15.2. The van der Waals surface area contributed by atoms with Crippen LogP contribution in [0.25, 0.3) is 0 Å². The molecular weight excluding hydrogens is 346 g/mol. The fraction of sp³-hybridized carbons (Fsp3) is 0.421. The lowest BCUT2D eigenvalue weighted by atomic mass is 10.0. The molecule has 1 aromatic heterocycles. The quantitative estimate of drug-likeness (QED) is 0.783. The van der Waals surface area contributed by atoms with E-state index < -0.39 is 0 Å². The topological polar surface area (TPSA) is 62.3 Å². The molecule has 6 nitrogen and oxygen atoms in total. The van der Waals surface area contributed by atoms with Gasteiger partial charge in [-0.25, -0.2) is 0 Å². The Morgan fingerprint density at radius 2 is 2.12 bits per heavy atom. The third-order valence-electron chi connectivity index (χ3n) is 4.40. The highest BCUT2D eigenvalue weighted by molar-refractivity contribution is 7.80. The molecule has 1 fully saturated rings. The maximum Gasteiger partial charge on any atom is 0.234 e. The molecule has 1 aliphatic rings. The SMILES string of the molecule is COc1cc(N2CCCC(C)C2)nc(NC(=S)NCc2ccccc2)n1. The van der Waals surface area contributed by atoms with E-state index in [4.69, 9.17) is 17.0 Å². The number of nitrogens with zero attached hydrogens (tertiary/aromatic N) is 3. The van der Waals surface area contributed by atoms with Gasteiger partial charge in [0.25, 0.3) is 0 Å². The van der Waals surface area contributed by atoms with Gasteiger partial charge in [0.05, 0.1) is 7.11 Å². The van der Waals surface area contributed by atoms with Crippen molar-refractivity contribution in [3.63, 3.8) is 0 Å². The summed E-state index contributed by atoms with van der Waals surface area (Å²) < 4.78 is 5.34. The summed E-state index contributed by atoms with van der Waals surface area (Å²) in [5.74, 6) is 2.51. The lowest BCUT2D eigenvalue weighted by molar-refractivity contribution is 0.396. The second kappa shape index (κ2) is 8.80. The van der Waals surface area contributed by atoms with Crippen molar-refractivity contribution in [1.29, 1.82) is 0 Å². The van der Waals surface area contributed by atoms with Crippen molar-refractivity contribution in [1.82, 2.24) is 15.3 Å². The van der Waals surface area contributed by atoms with Gasteiger partial charge < -0.3 is 20.3 Å². The normalized spacial score (nSPS) is 16.8. The van der Waals surface area contributed by atoms with Gasteiger partial charge in [-0.2, -0.15) is 9.97 Å². The zero-order chi connectivity index (χ0) is 18.4. The summed E-state index contributed by atoms with van der Waals surface area (Å²) in [6, 6.07) is 12.0. The molecule has 7 heteroatoms. The first kappa shape index (κ1) is 18.4. The number of thiocarbonyl (C=S) groups is 1. The molecule has 0 spiro atoms. The lowest BCUT2D eigenvalue weighted by Crippen LogP contribution is -2.35. The Kier molecular flexibility index (Phi) is 6.22. The van der Waals surface area contributed by atoms with Crippen LogP contribution in [0.15, 0.2) is 36.4 Å². The molecule has 138 valence electrons. The van der Waals surface area contributed by atoms with Crippen molar-refractivity contribution in [3.05, 3.63) is 42.0 Å². The molecule has 1 atom stereocenters. The monoisotopic (exact) mass is 371 g/mol. The van der Waals surface area contributed by atoms with E-state index in [1.54, 1.807) is 7.11 Å². The first-order chi connectivity index (χ1) is 12.6. The average Bonchev–Trinajstić information content (AvgIpc) is 2.67. The van der Waals surface area contributed by atoms with Crippen molar-refractivity contribution < 1.29 is 4.74 Å². The second-order valence-corrected chi connectivity index (χ2v) is 6.99. The molecule has 0 aliphatic carbocycles. The van der Waals surface area contributed by atoms with Gasteiger partial charge in [-0.05, 0) is 36.5 Å². The van der Waals surface area contributed by atoms with E-state index in [2.05, 4.69) is 32.4 Å². The molecule has 3 rings (SSSR count). The van der Waals surface area contributed by atoms with Crippen LogP contribution < -0.4 is 20.3 Å². The number of hydrogen-bond donors (Lipinski definition) is 2. The minimum Gasteiger partial charge on any atom is -0.481 e. The van der Waals surface area contributed by atoms with Crippen LogP contribution in [0.3, 0.4) is 0 Å². The fourth-order valence-corrected chi connectivity index (χ4v) is 3.22. The number of anilines is 2. The summed E-state index contributed by atoms with van der Waals surface area (Å²) in [5, 5.41) is 6.73. The van der Waals surface area contributed by atoms with E-state index in [9.17, 15) is 0 Å². The molecule has 1 aromatic carbocycles. The minimum absolute atomic E-state index is 0.447. The largest absolute Gasteiger partial charge is 0.481 e. The predicted molar refractivity (Wildman–Crippen MR) is 109 cm³/mol. The van der Waals surface area contributed by atoms with Crippen LogP contribution in [0.1, 0.15) is 25.3 Å². The van der Waals surface area contributed by atoms with Crippen LogP contribution in [0.5, 0.6) is 5.88 Å². The molecule has 0 radical (unpaired) electrons. The van der Waals surface area contributed by atoms with Crippen LogP contribution in [-0.2, 0) is 6.54 Å². The van der Waals surface area contributed by atoms with Crippen molar-refractivity contribution >= 4 is 29.1 Å². The molecule has 1 unspecified atom stereocenters. The standard InChI is InChI=1S/C19H25N5OS/c1-14-7-6-10-24(13-14)16-11-17(25-2)22-18(21-16)23-19(26)20-12-15-8-4-3-5-9-15/h3-5,8-9,11,14H,6-7,10,12-13H2,1-2H3,(H2,20,21,22,23,26). The summed E-state index contributed by atoms with van der Waals surface area (Å²) in [5.41, 5.74) is 1.16. The molecule has 0 bridgehead atoms. The van der Waals surface area contributed by atoms with Crippen LogP contribution >= 0.6 is 12.2 Å². The van der Waals surface area contributed by atoms with Gasteiger partial charge in [-0.15, -0.1) is 0 Å². The smallest absolute Gasteiger partial charge is 0.234 e. The molecule has 1 aliphatic heterocycles. The highest BCUT2D eigenvalue weighted by Gasteiger charge is 2.19. The van der Waals surface area contributed by atoms with E-state index in [-0.39, 0.29) is 0 Å². The molecule has 2 aromatic rings. The number of hydrogen-bond acceptors (Lipinski definition) is 5. The van der Waals surface area contributed by atoms with Crippen molar-refractivity contribution in [3.8, 4) is 5.88 Å². The number of methoxy groups -OCH3 is 1. The molecular formula is C19H25N5OS. The minimum atomic E-state index is 0.447. The molecule has 2 heterocycles. The first-order valence-electron chi connectivity index (χ1n) is 8.91. The Hall–Kier alpha value is -2.41. The highest BCUT2D eigenvalue weighted by Crippen LogP contribution is 2.25.